The molecule has 8 heteroatoms. The molecule has 126 valence electrons. The van der Waals surface area contributed by atoms with Crippen LogP contribution < -0.4 is 5.32 Å². The van der Waals surface area contributed by atoms with Crippen molar-refractivity contribution in [1.82, 2.24) is 5.32 Å². The van der Waals surface area contributed by atoms with Gasteiger partial charge in [-0.2, -0.15) is 0 Å². The van der Waals surface area contributed by atoms with E-state index in [1.54, 1.807) is 26.8 Å². The van der Waals surface area contributed by atoms with Crippen molar-refractivity contribution in [3.63, 3.8) is 0 Å². The van der Waals surface area contributed by atoms with Crippen LogP contribution in [-0.4, -0.2) is 28.3 Å². The van der Waals surface area contributed by atoms with E-state index >= 15 is 0 Å². The Balaban J connectivity index is 2.57. The van der Waals surface area contributed by atoms with Crippen LogP contribution in [0.3, 0.4) is 0 Å². The highest BCUT2D eigenvalue weighted by atomic mass is 19.1. The summed E-state index contributed by atoms with van der Waals surface area (Å²) in [4.78, 5) is 21.3. The van der Waals surface area contributed by atoms with Crippen molar-refractivity contribution in [2.75, 3.05) is 6.54 Å². The van der Waals surface area contributed by atoms with Gasteiger partial charge in [0.1, 0.15) is 11.4 Å². The first kappa shape index (κ1) is 18.4. The van der Waals surface area contributed by atoms with Crippen LogP contribution in [-0.2, 0) is 4.74 Å². The number of alkyl carbamates (subject to hydrolysis) is 1. The SMILES string of the molecule is CC(C)(C)OC(=O)NCCC=Cc1cc([N+](=O)[O-])c(O)cc1F. The van der Waals surface area contributed by atoms with Gasteiger partial charge in [0.15, 0.2) is 5.75 Å². The quantitative estimate of drug-likeness (QED) is 0.491. The molecule has 0 saturated carbocycles. The van der Waals surface area contributed by atoms with Crippen molar-refractivity contribution in [3.8, 4) is 5.75 Å². The maximum absolute atomic E-state index is 13.6. The lowest BCUT2D eigenvalue weighted by atomic mass is 10.1. The number of ether oxygens (including phenoxy) is 1. The number of rotatable bonds is 5. The second-order valence-corrected chi connectivity index (χ2v) is 5.74. The Morgan fingerprint density at radius 2 is 2.13 bits per heavy atom. The van der Waals surface area contributed by atoms with E-state index in [4.69, 9.17) is 4.74 Å². The summed E-state index contributed by atoms with van der Waals surface area (Å²) in [6.45, 7) is 5.50. The van der Waals surface area contributed by atoms with E-state index in [2.05, 4.69) is 5.32 Å². The average molecular weight is 326 g/mol. The van der Waals surface area contributed by atoms with E-state index < -0.39 is 33.9 Å². The highest BCUT2D eigenvalue weighted by Gasteiger charge is 2.17. The second kappa shape index (κ2) is 7.57. The third kappa shape index (κ3) is 6.33. The standard InChI is InChI=1S/C15H19FN2O5/c1-15(2,3)23-14(20)17-7-5-4-6-10-8-12(18(21)22)13(19)9-11(10)16/h4,6,8-9,19H,5,7H2,1-3H3,(H,17,20). The number of nitrogens with zero attached hydrogens (tertiary/aromatic N) is 1. The van der Waals surface area contributed by atoms with Crippen LogP contribution in [0.5, 0.6) is 5.75 Å². The number of carbonyl (C=O) groups excluding carboxylic acids is 1. The van der Waals surface area contributed by atoms with Gasteiger partial charge >= 0.3 is 11.8 Å². The molecule has 0 aliphatic heterocycles. The Morgan fingerprint density at radius 1 is 1.48 bits per heavy atom. The van der Waals surface area contributed by atoms with Gasteiger partial charge in [-0.3, -0.25) is 10.1 Å². The van der Waals surface area contributed by atoms with Gasteiger partial charge in [-0.1, -0.05) is 12.2 Å². The van der Waals surface area contributed by atoms with E-state index in [9.17, 15) is 24.4 Å². The largest absolute Gasteiger partial charge is 0.502 e. The molecule has 0 heterocycles. The van der Waals surface area contributed by atoms with Crippen LogP contribution in [0.1, 0.15) is 32.8 Å². The van der Waals surface area contributed by atoms with E-state index in [0.717, 1.165) is 6.07 Å². The van der Waals surface area contributed by atoms with E-state index in [0.29, 0.717) is 12.5 Å². The van der Waals surface area contributed by atoms with Crippen molar-refractivity contribution in [2.24, 2.45) is 0 Å². The number of amides is 1. The normalized spacial score (nSPS) is 11.5. The molecule has 1 rings (SSSR count). The molecule has 0 aromatic heterocycles. The van der Waals surface area contributed by atoms with Gasteiger partial charge in [-0.15, -0.1) is 0 Å². The number of phenolic OH excluding ortho intramolecular Hbond substituents is 1. The minimum absolute atomic E-state index is 0.0215. The Labute approximate surface area is 132 Å². The summed E-state index contributed by atoms with van der Waals surface area (Å²) in [6, 6.07) is 1.64. The van der Waals surface area contributed by atoms with Gasteiger partial charge in [-0.05, 0) is 27.2 Å². The first-order chi connectivity index (χ1) is 10.6. The fourth-order valence-corrected chi connectivity index (χ4v) is 1.62. The lowest BCUT2D eigenvalue weighted by Crippen LogP contribution is -2.32. The molecule has 23 heavy (non-hydrogen) atoms. The third-order valence-electron chi connectivity index (χ3n) is 2.57. The molecule has 0 bridgehead atoms. The maximum Gasteiger partial charge on any atom is 0.407 e. The minimum atomic E-state index is -0.795. The van der Waals surface area contributed by atoms with Gasteiger partial charge in [0.05, 0.1) is 4.92 Å². The molecule has 1 aromatic rings. The molecule has 0 saturated heterocycles. The second-order valence-electron chi connectivity index (χ2n) is 5.74. The Morgan fingerprint density at radius 3 is 2.70 bits per heavy atom. The number of nitro groups is 1. The Bertz CT molecular complexity index is 623. The van der Waals surface area contributed by atoms with Crippen LogP contribution in [0.25, 0.3) is 6.08 Å². The zero-order chi connectivity index (χ0) is 17.6. The van der Waals surface area contributed by atoms with Gasteiger partial charge in [0.2, 0.25) is 0 Å². The van der Waals surface area contributed by atoms with Crippen LogP contribution in [0, 0.1) is 15.9 Å². The number of aromatic hydroxyl groups is 1. The highest BCUT2D eigenvalue weighted by Crippen LogP contribution is 2.29. The summed E-state index contributed by atoms with van der Waals surface area (Å²) < 4.78 is 18.6. The first-order valence-electron chi connectivity index (χ1n) is 6.90. The predicted molar refractivity (Wildman–Crippen MR) is 82.6 cm³/mol. The maximum atomic E-state index is 13.6. The van der Waals surface area contributed by atoms with Crippen LogP contribution in [0.2, 0.25) is 0 Å². The Hall–Kier alpha value is -2.64. The van der Waals surface area contributed by atoms with Gasteiger partial charge in [0.25, 0.3) is 0 Å². The molecule has 0 fully saturated rings. The molecule has 7 nitrogen and oxygen atoms in total. The molecule has 0 aliphatic rings. The van der Waals surface area contributed by atoms with Gasteiger partial charge in [0, 0.05) is 24.2 Å². The van der Waals surface area contributed by atoms with Gasteiger partial charge < -0.3 is 15.2 Å². The summed E-state index contributed by atoms with van der Waals surface area (Å²) in [5.74, 6) is -1.50. The van der Waals surface area contributed by atoms with Crippen LogP contribution in [0.15, 0.2) is 18.2 Å². The van der Waals surface area contributed by atoms with Crippen LogP contribution >= 0.6 is 0 Å². The number of carbonyl (C=O) groups is 1. The van der Waals surface area contributed by atoms with Gasteiger partial charge in [-0.25, -0.2) is 9.18 Å². The van der Waals surface area contributed by atoms with Crippen molar-refractivity contribution < 1.29 is 24.0 Å². The number of hydrogen-bond donors (Lipinski definition) is 2. The molecular formula is C15H19FN2O5. The molecular weight excluding hydrogens is 307 g/mol. The molecule has 1 amide bonds. The number of phenols is 1. The number of halogens is 1. The smallest absolute Gasteiger partial charge is 0.407 e. The molecule has 0 aliphatic carbocycles. The number of nitrogens with one attached hydrogen (secondary N) is 1. The summed E-state index contributed by atoms with van der Waals surface area (Å²) >= 11 is 0. The van der Waals surface area contributed by atoms with E-state index in [-0.39, 0.29) is 12.1 Å². The van der Waals surface area contributed by atoms with Crippen LogP contribution in [0.4, 0.5) is 14.9 Å². The summed E-state index contributed by atoms with van der Waals surface area (Å²) in [5.41, 5.74) is -1.18. The van der Waals surface area contributed by atoms with Crippen molar-refractivity contribution in [2.45, 2.75) is 32.8 Å². The number of nitro benzene ring substituents is 1. The fraction of sp³-hybridized carbons (Fsp3) is 0.400. The molecule has 0 atom stereocenters. The summed E-state index contributed by atoms with van der Waals surface area (Å²) in [5, 5.41) is 22.5. The van der Waals surface area contributed by atoms with Crippen molar-refractivity contribution >= 4 is 17.9 Å². The fourth-order valence-electron chi connectivity index (χ4n) is 1.62. The zero-order valence-electron chi connectivity index (χ0n) is 13.1. The average Bonchev–Trinajstić information content (AvgIpc) is 2.38. The molecule has 0 spiro atoms. The summed E-state index contributed by atoms with van der Waals surface area (Å²) in [6.07, 6.45) is 2.72. The minimum Gasteiger partial charge on any atom is -0.502 e. The van der Waals surface area contributed by atoms with Crippen molar-refractivity contribution in [1.29, 1.82) is 0 Å². The lowest BCUT2D eigenvalue weighted by molar-refractivity contribution is -0.385. The third-order valence-corrected chi connectivity index (χ3v) is 2.57. The molecule has 0 radical (unpaired) electrons. The predicted octanol–water partition coefficient (Wildman–Crippen LogP) is 3.37. The first-order valence-corrected chi connectivity index (χ1v) is 6.90. The zero-order valence-corrected chi connectivity index (χ0v) is 13.1. The molecule has 2 N–H and O–H groups in total. The lowest BCUT2D eigenvalue weighted by Gasteiger charge is -2.19. The molecule has 0 unspecified atom stereocenters. The topological polar surface area (TPSA) is 102 Å². The number of benzene rings is 1. The highest BCUT2D eigenvalue weighted by molar-refractivity contribution is 5.67. The van der Waals surface area contributed by atoms with E-state index in [1.165, 1.54) is 6.08 Å². The number of hydrogen-bond acceptors (Lipinski definition) is 5. The summed E-state index contributed by atoms with van der Waals surface area (Å²) in [7, 11) is 0. The Kier molecular flexibility index (Phi) is 6.06. The monoisotopic (exact) mass is 326 g/mol. The van der Waals surface area contributed by atoms with E-state index in [1.807, 2.05) is 0 Å². The van der Waals surface area contributed by atoms with Crippen molar-refractivity contribution in [3.05, 3.63) is 39.7 Å². The molecule has 1 aromatic carbocycles.